The van der Waals surface area contributed by atoms with E-state index in [1.165, 1.54) is 0 Å². The number of hydrogen-bond acceptors (Lipinski definition) is 2. The summed E-state index contributed by atoms with van der Waals surface area (Å²) >= 11 is 0. The average molecular weight is 192 g/mol. The van der Waals surface area contributed by atoms with Crippen LogP contribution >= 0.6 is 0 Å². The van der Waals surface area contributed by atoms with Crippen molar-refractivity contribution in [3.05, 3.63) is 30.3 Å². The number of benzene rings is 1. The zero-order valence-electron chi connectivity index (χ0n) is 8.66. The fourth-order valence-electron chi connectivity index (χ4n) is 1.08. The second-order valence-corrected chi connectivity index (χ2v) is 3.23. The van der Waals surface area contributed by atoms with E-state index < -0.39 is 0 Å². The van der Waals surface area contributed by atoms with Gasteiger partial charge in [-0.3, -0.25) is 4.79 Å². The van der Waals surface area contributed by atoms with Crippen LogP contribution in [-0.2, 0) is 4.79 Å². The summed E-state index contributed by atoms with van der Waals surface area (Å²) in [5.41, 5.74) is 1.09. The molecule has 14 heavy (non-hydrogen) atoms. The SMILES string of the molecule is CC(=O)N(C)CCNc1ccccc1. The number of hydrogen-bond donors (Lipinski definition) is 1. The van der Waals surface area contributed by atoms with Crippen molar-refractivity contribution in [3.8, 4) is 0 Å². The number of anilines is 1. The van der Waals surface area contributed by atoms with E-state index in [2.05, 4.69) is 5.32 Å². The number of carbonyl (C=O) groups is 1. The second kappa shape index (κ2) is 5.27. The molecule has 0 aliphatic carbocycles. The fourth-order valence-corrected chi connectivity index (χ4v) is 1.08. The standard InChI is InChI=1S/C11H16N2O/c1-10(14)13(2)9-8-12-11-6-4-3-5-7-11/h3-7,12H,8-9H2,1-2H3. The average Bonchev–Trinajstić information content (AvgIpc) is 2.19. The summed E-state index contributed by atoms with van der Waals surface area (Å²) in [6, 6.07) is 9.96. The van der Waals surface area contributed by atoms with E-state index in [0.717, 1.165) is 18.8 Å². The van der Waals surface area contributed by atoms with Crippen LogP contribution in [0.4, 0.5) is 5.69 Å². The van der Waals surface area contributed by atoms with Gasteiger partial charge >= 0.3 is 0 Å². The van der Waals surface area contributed by atoms with Gasteiger partial charge in [-0.15, -0.1) is 0 Å². The number of amides is 1. The summed E-state index contributed by atoms with van der Waals surface area (Å²) < 4.78 is 0. The maximum absolute atomic E-state index is 10.9. The molecule has 0 bridgehead atoms. The zero-order chi connectivity index (χ0) is 10.4. The van der Waals surface area contributed by atoms with Crippen LogP contribution in [0.25, 0.3) is 0 Å². The smallest absolute Gasteiger partial charge is 0.219 e. The lowest BCUT2D eigenvalue weighted by atomic mass is 10.3. The van der Waals surface area contributed by atoms with Crippen LogP contribution in [0, 0.1) is 0 Å². The monoisotopic (exact) mass is 192 g/mol. The lowest BCUT2D eigenvalue weighted by molar-refractivity contribution is -0.127. The first kappa shape index (κ1) is 10.6. The number of carbonyl (C=O) groups excluding carboxylic acids is 1. The Morgan fingerprint density at radius 3 is 2.57 bits per heavy atom. The van der Waals surface area contributed by atoms with Crippen molar-refractivity contribution in [2.24, 2.45) is 0 Å². The Bertz CT molecular complexity index is 285. The number of para-hydroxylation sites is 1. The van der Waals surface area contributed by atoms with Gasteiger partial charge in [-0.25, -0.2) is 0 Å². The summed E-state index contributed by atoms with van der Waals surface area (Å²) in [6.45, 7) is 3.08. The van der Waals surface area contributed by atoms with Gasteiger partial charge in [-0.05, 0) is 12.1 Å². The van der Waals surface area contributed by atoms with Crippen LogP contribution in [0.3, 0.4) is 0 Å². The van der Waals surface area contributed by atoms with E-state index in [0.29, 0.717) is 0 Å². The van der Waals surface area contributed by atoms with Crippen molar-refractivity contribution in [2.75, 3.05) is 25.5 Å². The molecule has 0 atom stereocenters. The molecular weight excluding hydrogens is 176 g/mol. The quantitative estimate of drug-likeness (QED) is 0.785. The van der Waals surface area contributed by atoms with Crippen LogP contribution < -0.4 is 5.32 Å². The Balaban J connectivity index is 2.26. The summed E-state index contributed by atoms with van der Waals surface area (Å²) in [5.74, 6) is 0.0971. The van der Waals surface area contributed by atoms with E-state index in [1.807, 2.05) is 30.3 Å². The Kier molecular flexibility index (Phi) is 3.98. The second-order valence-electron chi connectivity index (χ2n) is 3.23. The molecule has 0 fully saturated rings. The molecule has 3 heteroatoms. The van der Waals surface area contributed by atoms with Crippen LogP contribution in [0.2, 0.25) is 0 Å². The maximum atomic E-state index is 10.9. The first-order valence-electron chi connectivity index (χ1n) is 4.71. The molecule has 1 amide bonds. The minimum Gasteiger partial charge on any atom is -0.383 e. The maximum Gasteiger partial charge on any atom is 0.219 e. The molecule has 0 heterocycles. The van der Waals surface area contributed by atoms with Crippen molar-refractivity contribution < 1.29 is 4.79 Å². The Morgan fingerprint density at radius 2 is 2.00 bits per heavy atom. The van der Waals surface area contributed by atoms with Gasteiger partial charge < -0.3 is 10.2 Å². The van der Waals surface area contributed by atoms with Crippen molar-refractivity contribution in [2.45, 2.75) is 6.92 Å². The third kappa shape index (κ3) is 3.47. The number of nitrogens with zero attached hydrogens (tertiary/aromatic N) is 1. The highest BCUT2D eigenvalue weighted by atomic mass is 16.2. The summed E-state index contributed by atoms with van der Waals surface area (Å²) in [7, 11) is 1.80. The van der Waals surface area contributed by atoms with E-state index in [1.54, 1.807) is 18.9 Å². The molecule has 1 aromatic rings. The van der Waals surface area contributed by atoms with E-state index in [-0.39, 0.29) is 5.91 Å². The van der Waals surface area contributed by atoms with Crippen molar-refractivity contribution in [1.29, 1.82) is 0 Å². The molecule has 1 aromatic carbocycles. The fraction of sp³-hybridized carbons (Fsp3) is 0.364. The number of rotatable bonds is 4. The summed E-state index contributed by atoms with van der Waals surface area (Å²) in [6.07, 6.45) is 0. The molecule has 0 aliphatic rings. The van der Waals surface area contributed by atoms with Gasteiger partial charge in [0.15, 0.2) is 0 Å². The lowest BCUT2D eigenvalue weighted by Gasteiger charge is -2.15. The van der Waals surface area contributed by atoms with E-state index >= 15 is 0 Å². The highest BCUT2D eigenvalue weighted by Crippen LogP contribution is 2.03. The summed E-state index contributed by atoms with van der Waals surface area (Å²) in [4.78, 5) is 12.6. The minimum atomic E-state index is 0.0971. The topological polar surface area (TPSA) is 32.3 Å². The van der Waals surface area contributed by atoms with Crippen molar-refractivity contribution in [1.82, 2.24) is 4.90 Å². The highest BCUT2D eigenvalue weighted by molar-refractivity contribution is 5.72. The highest BCUT2D eigenvalue weighted by Gasteiger charge is 1.99. The predicted octanol–water partition coefficient (Wildman–Crippen LogP) is 1.58. The van der Waals surface area contributed by atoms with Crippen molar-refractivity contribution >= 4 is 11.6 Å². The molecular formula is C11H16N2O. The Labute approximate surface area is 84.7 Å². The Morgan fingerprint density at radius 1 is 1.36 bits per heavy atom. The largest absolute Gasteiger partial charge is 0.383 e. The molecule has 1 N–H and O–H groups in total. The van der Waals surface area contributed by atoms with Gasteiger partial charge in [0.25, 0.3) is 0 Å². The molecule has 0 radical (unpaired) electrons. The molecule has 3 nitrogen and oxygen atoms in total. The van der Waals surface area contributed by atoms with Gasteiger partial charge in [0.2, 0.25) is 5.91 Å². The zero-order valence-corrected chi connectivity index (χ0v) is 8.66. The molecule has 0 aromatic heterocycles. The third-order valence-electron chi connectivity index (χ3n) is 2.09. The lowest BCUT2D eigenvalue weighted by Crippen LogP contribution is -2.29. The normalized spacial score (nSPS) is 9.57. The van der Waals surface area contributed by atoms with Gasteiger partial charge in [0, 0.05) is 32.7 Å². The van der Waals surface area contributed by atoms with Crippen LogP contribution in [-0.4, -0.2) is 30.9 Å². The van der Waals surface area contributed by atoms with Crippen LogP contribution in [0.1, 0.15) is 6.92 Å². The van der Waals surface area contributed by atoms with Gasteiger partial charge in [-0.2, -0.15) is 0 Å². The third-order valence-corrected chi connectivity index (χ3v) is 2.09. The molecule has 0 saturated heterocycles. The first-order chi connectivity index (χ1) is 6.70. The molecule has 76 valence electrons. The van der Waals surface area contributed by atoms with E-state index in [4.69, 9.17) is 0 Å². The van der Waals surface area contributed by atoms with E-state index in [9.17, 15) is 4.79 Å². The minimum absolute atomic E-state index is 0.0971. The van der Waals surface area contributed by atoms with Crippen LogP contribution in [0.15, 0.2) is 30.3 Å². The Hall–Kier alpha value is -1.51. The van der Waals surface area contributed by atoms with Gasteiger partial charge in [-0.1, -0.05) is 18.2 Å². The first-order valence-corrected chi connectivity index (χ1v) is 4.71. The molecule has 0 unspecified atom stereocenters. The molecule has 1 rings (SSSR count). The molecule has 0 aliphatic heterocycles. The molecule has 0 spiro atoms. The van der Waals surface area contributed by atoms with Gasteiger partial charge in [0.1, 0.15) is 0 Å². The predicted molar refractivity (Wildman–Crippen MR) is 58.2 cm³/mol. The molecule has 0 saturated carbocycles. The summed E-state index contributed by atoms with van der Waals surface area (Å²) in [5, 5.41) is 3.24. The van der Waals surface area contributed by atoms with Gasteiger partial charge in [0.05, 0.1) is 0 Å². The van der Waals surface area contributed by atoms with Crippen molar-refractivity contribution in [3.63, 3.8) is 0 Å². The van der Waals surface area contributed by atoms with Crippen LogP contribution in [0.5, 0.6) is 0 Å². The number of likely N-dealkylation sites (N-methyl/N-ethyl adjacent to an activating group) is 1. The number of nitrogens with one attached hydrogen (secondary N) is 1.